The maximum absolute atomic E-state index is 12.6. The molecule has 4 rings (SSSR count). The van der Waals surface area contributed by atoms with Crippen molar-refractivity contribution < 1.29 is 18.3 Å². The van der Waals surface area contributed by atoms with Crippen LogP contribution in [-0.4, -0.2) is 52.9 Å². The van der Waals surface area contributed by atoms with E-state index in [1.165, 1.54) is 4.57 Å². The molecule has 1 aliphatic heterocycles. The second kappa shape index (κ2) is 8.20. The predicted octanol–water partition coefficient (Wildman–Crippen LogP) is 3.12. The Hall–Kier alpha value is -2.58. The molecule has 0 aliphatic carbocycles. The van der Waals surface area contributed by atoms with Crippen LogP contribution in [0.1, 0.15) is 6.92 Å². The molecule has 0 unspecified atom stereocenters. The number of hydrogen-bond donors (Lipinski definition) is 1. The van der Waals surface area contributed by atoms with E-state index in [-0.39, 0.29) is 18.8 Å². The highest BCUT2D eigenvalue weighted by Gasteiger charge is 2.23. The third kappa shape index (κ3) is 4.13. The van der Waals surface area contributed by atoms with Crippen LogP contribution < -0.4 is 10.1 Å². The zero-order valence-corrected chi connectivity index (χ0v) is 15.5. The Morgan fingerprint density at radius 2 is 2.29 bits per heavy atom. The average molecular weight is 388 g/mol. The third-order valence-electron chi connectivity index (χ3n) is 4.74. The van der Waals surface area contributed by atoms with Crippen molar-refractivity contribution in [3.8, 4) is 17.1 Å². The van der Waals surface area contributed by atoms with E-state index < -0.39 is 6.43 Å². The highest BCUT2D eigenvalue weighted by atomic mass is 19.3. The van der Waals surface area contributed by atoms with Crippen LogP contribution in [-0.2, 0) is 11.3 Å². The van der Waals surface area contributed by atoms with Crippen LogP contribution in [0.4, 0.5) is 8.78 Å². The Kier molecular flexibility index (Phi) is 5.50. The standard InChI is InChI=1S/C20H22F2N4O2/c1-13(18-10-23-6-8-27-18)28-20-15-3-2-5-24-17(15)9-16(25-20)14-4-7-26(11-14)12-19(21)22/h2-5,7,9,11,13,18-19,23H,6,8,10,12H2,1H3/t13-,18+/m1/s1. The van der Waals surface area contributed by atoms with E-state index in [1.807, 2.05) is 25.1 Å². The molecule has 148 valence electrons. The molecule has 0 bridgehead atoms. The zero-order chi connectivity index (χ0) is 19.5. The van der Waals surface area contributed by atoms with Crippen LogP contribution in [0.15, 0.2) is 42.9 Å². The monoisotopic (exact) mass is 388 g/mol. The summed E-state index contributed by atoms with van der Waals surface area (Å²) in [6, 6.07) is 7.34. The third-order valence-corrected chi connectivity index (χ3v) is 4.74. The Morgan fingerprint density at radius 1 is 1.39 bits per heavy atom. The van der Waals surface area contributed by atoms with Gasteiger partial charge in [-0.2, -0.15) is 0 Å². The van der Waals surface area contributed by atoms with Crippen molar-refractivity contribution in [2.24, 2.45) is 0 Å². The molecule has 1 saturated heterocycles. The molecule has 1 fully saturated rings. The molecule has 0 aromatic carbocycles. The minimum Gasteiger partial charge on any atom is -0.471 e. The Labute approximate surface area is 161 Å². The van der Waals surface area contributed by atoms with Crippen LogP contribution in [0.5, 0.6) is 5.88 Å². The van der Waals surface area contributed by atoms with Crippen molar-refractivity contribution in [1.29, 1.82) is 0 Å². The minimum absolute atomic E-state index is 0.0712. The van der Waals surface area contributed by atoms with Crippen molar-refractivity contribution in [2.45, 2.75) is 32.1 Å². The number of halogens is 2. The maximum Gasteiger partial charge on any atom is 0.256 e. The molecule has 0 saturated carbocycles. The first kappa shape index (κ1) is 18.8. The maximum atomic E-state index is 12.6. The first-order valence-corrected chi connectivity index (χ1v) is 9.29. The number of fused-ring (bicyclic) bond motifs is 1. The molecule has 2 atom stereocenters. The lowest BCUT2D eigenvalue weighted by atomic mass is 10.1. The SMILES string of the molecule is C[C@@H](Oc1nc(-c2ccn(CC(F)F)c2)cc2ncccc12)[C@@H]1CNCCO1. The molecule has 28 heavy (non-hydrogen) atoms. The molecule has 8 heteroatoms. The molecular formula is C20H22F2N4O2. The van der Waals surface area contributed by atoms with Gasteiger partial charge < -0.3 is 19.4 Å². The zero-order valence-electron chi connectivity index (χ0n) is 15.5. The highest BCUT2D eigenvalue weighted by molar-refractivity contribution is 5.86. The number of aromatic nitrogens is 3. The van der Waals surface area contributed by atoms with Gasteiger partial charge in [-0.1, -0.05) is 0 Å². The van der Waals surface area contributed by atoms with E-state index in [9.17, 15) is 8.78 Å². The summed E-state index contributed by atoms with van der Waals surface area (Å²) in [7, 11) is 0. The van der Waals surface area contributed by atoms with E-state index in [4.69, 9.17) is 9.47 Å². The smallest absolute Gasteiger partial charge is 0.256 e. The fraction of sp³-hybridized carbons (Fsp3) is 0.400. The number of nitrogens with one attached hydrogen (secondary N) is 1. The van der Waals surface area contributed by atoms with Crippen LogP contribution in [0, 0.1) is 0 Å². The lowest BCUT2D eigenvalue weighted by Crippen LogP contribution is -2.46. The molecule has 1 N–H and O–H groups in total. The van der Waals surface area contributed by atoms with Gasteiger partial charge in [-0.25, -0.2) is 13.8 Å². The second-order valence-electron chi connectivity index (χ2n) is 6.81. The lowest BCUT2D eigenvalue weighted by Gasteiger charge is -2.29. The van der Waals surface area contributed by atoms with Gasteiger partial charge in [-0.3, -0.25) is 4.98 Å². The molecule has 1 aliphatic rings. The van der Waals surface area contributed by atoms with E-state index in [0.717, 1.165) is 23.0 Å². The number of ether oxygens (including phenoxy) is 2. The lowest BCUT2D eigenvalue weighted by molar-refractivity contribution is -0.0357. The van der Waals surface area contributed by atoms with Gasteiger partial charge in [0.1, 0.15) is 12.2 Å². The molecule has 0 radical (unpaired) electrons. The molecule has 3 aromatic rings. The number of rotatable bonds is 6. The Balaban J connectivity index is 1.66. The number of morpholine rings is 1. The summed E-state index contributed by atoms with van der Waals surface area (Å²) in [6.07, 6.45) is 2.30. The van der Waals surface area contributed by atoms with E-state index in [0.29, 0.717) is 24.7 Å². The van der Waals surface area contributed by atoms with Crippen molar-refractivity contribution >= 4 is 10.9 Å². The number of alkyl halides is 2. The van der Waals surface area contributed by atoms with Crippen molar-refractivity contribution in [3.05, 3.63) is 42.9 Å². The Morgan fingerprint density at radius 3 is 3.07 bits per heavy atom. The van der Waals surface area contributed by atoms with Crippen LogP contribution in [0.3, 0.4) is 0 Å². The summed E-state index contributed by atoms with van der Waals surface area (Å²) in [5, 5.41) is 4.09. The summed E-state index contributed by atoms with van der Waals surface area (Å²) in [5.41, 5.74) is 2.10. The van der Waals surface area contributed by atoms with Gasteiger partial charge in [0.05, 0.1) is 29.7 Å². The molecule has 0 amide bonds. The average Bonchev–Trinajstić information content (AvgIpc) is 3.16. The molecule has 4 heterocycles. The summed E-state index contributed by atoms with van der Waals surface area (Å²) in [5.74, 6) is 0.462. The van der Waals surface area contributed by atoms with Gasteiger partial charge in [-0.05, 0) is 31.2 Å². The molecular weight excluding hydrogens is 366 g/mol. The largest absolute Gasteiger partial charge is 0.471 e. The van der Waals surface area contributed by atoms with Gasteiger partial charge in [0.2, 0.25) is 5.88 Å². The van der Waals surface area contributed by atoms with Gasteiger partial charge >= 0.3 is 0 Å². The topological polar surface area (TPSA) is 61.2 Å². The predicted molar refractivity (Wildman–Crippen MR) is 102 cm³/mol. The minimum atomic E-state index is -2.41. The van der Waals surface area contributed by atoms with Gasteiger partial charge in [0.15, 0.2) is 0 Å². The quantitative estimate of drug-likeness (QED) is 0.703. The van der Waals surface area contributed by atoms with Crippen molar-refractivity contribution in [3.63, 3.8) is 0 Å². The van der Waals surface area contributed by atoms with Crippen molar-refractivity contribution in [1.82, 2.24) is 19.9 Å². The fourth-order valence-electron chi connectivity index (χ4n) is 3.29. The van der Waals surface area contributed by atoms with E-state index >= 15 is 0 Å². The molecule has 6 nitrogen and oxygen atoms in total. The van der Waals surface area contributed by atoms with Gasteiger partial charge in [0, 0.05) is 37.2 Å². The van der Waals surface area contributed by atoms with Crippen LogP contribution >= 0.6 is 0 Å². The Bertz CT molecular complexity index is 941. The summed E-state index contributed by atoms with van der Waals surface area (Å²) in [6.45, 7) is 3.80. The first-order valence-electron chi connectivity index (χ1n) is 9.29. The summed E-state index contributed by atoms with van der Waals surface area (Å²) >= 11 is 0. The summed E-state index contributed by atoms with van der Waals surface area (Å²) in [4.78, 5) is 9.07. The van der Waals surface area contributed by atoms with Crippen LogP contribution in [0.25, 0.3) is 22.2 Å². The molecule has 3 aromatic heterocycles. The van der Waals surface area contributed by atoms with E-state index in [2.05, 4.69) is 15.3 Å². The van der Waals surface area contributed by atoms with Gasteiger partial charge in [-0.15, -0.1) is 0 Å². The summed E-state index contributed by atoms with van der Waals surface area (Å²) < 4.78 is 38.7. The highest BCUT2D eigenvalue weighted by Crippen LogP contribution is 2.29. The number of pyridine rings is 2. The number of nitrogens with zero attached hydrogens (tertiary/aromatic N) is 3. The molecule has 0 spiro atoms. The first-order chi connectivity index (χ1) is 13.6. The number of hydrogen-bond acceptors (Lipinski definition) is 5. The fourth-order valence-corrected chi connectivity index (χ4v) is 3.29. The van der Waals surface area contributed by atoms with Gasteiger partial charge in [0.25, 0.3) is 6.43 Å². The van der Waals surface area contributed by atoms with E-state index in [1.54, 1.807) is 24.7 Å². The van der Waals surface area contributed by atoms with Crippen LogP contribution in [0.2, 0.25) is 0 Å². The van der Waals surface area contributed by atoms with Crippen molar-refractivity contribution in [2.75, 3.05) is 19.7 Å². The normalized spacial score (nSPS) is 18.5. The second-order valence-corrected chi connectivity index (χ2v) is 6.81.